The summed E-state index contributed by atoms with van der Waals surface area (Å²) in [5.74, 6) is -0.820. The Balaban J connectivity index is 0.000000207. The smallest absolute Gasteiger partial charge is 0.416 e. The number of anilines is 6. The van der Waals surface area contributed by atoms with Gasteiger partial charge in [-0.2, -0.15) is 39.5 Å². The highest BCUT2D eigenvalue weighted by atomic mass is 79.9. The molecule has 0 bridgehead atoms. The van der Waals surface area contributed by atoms with Crippen LogP contribution in [0.3, 0.4) is 0 Å². The quantitative estimate of drug-likeness (QED) is 0.0154. The minimum Gasteiger partial charge on any atom is -0.497 e. The van der Waals surface area contributed by atoms with Crippen LogP contribution in [-0.4, -0.2) is 113 Å². The molecule has 0 spiro atoms. The number of carbonyl (C=O) groups is 6. The third-order valence-electron chi connectivity index (χ3n) is 21.4. The van der Waals surface area contributed by atoms with E-state index in [1.54, 1.807) is 148 Å². The molecule has 21 nitrogen and oxygen atoms in total. The van der Waals surface area contributed by atoms with Gasteiger partial charge in [0.05, 0.1) is 75.6 Å². The molecule has 9 aromatic carbocycles. The first-order valence-electron chi connectivity index (χ1n) is 42.2. The molecule has 132 heavy (non-hydrogen) atoms. The summed E-state index contributed by atoms with van der Waals surface area (Å²) in [6, 6.07) is 41.0. The van der Waals surface area contributed by atoms with E-state index in [2.05, 4.69) is 26.6 Å². The van der Waals surface area contributed by atoms with E-state index in [1.807, 2.05) is 48.5 Å². The van der Waals surface area contributed by atoms with E-state index in [-0.39, 0.29) is 90.5 Å². The van der Waals surface area contributed by atoms with Crippen molar-refractivity contribution < 1.29 is 111 Å². The van der Waals surface area contributed by atoms with E-state index in [9.17, 15) is 68.3 Å². The molecule has 710 valence electrons. The van der Waals surface area contributed by atoms with Crippen LogP contribution in [0.4, 0.5) is 73.6 Å². The number of nitrogens with one attached hydrogen (secondary N) is 2. The van der Waals surface area contributed by atoms with E-state index >= 15 is 0 Å². The molecule has 0 aromatic heterocycles. The third kappa shape index (κ3) is 29.1. The Bertz CT molecular complexity index is 5560. The number of hydrogen-bond donors (Lipinski definition) is 4. The first-order chi connectivity index (χ1) is 61.8. The second kappa shape index (κ2) is 45.0. The standard InChI is InChI=1S/C34H38ClF3N2O5.C30H30ClF3N2O5.C18H14BrClF3NO.C16H25NO4/c1-20(32(42)45-33(3,4)5)12-14-44-27-17-25(16-26(18-27)43-6)39-30(22-7-9-24(35)10-8-22)31(41)40-13-11-23-15-21(2)28(19-29(23)40)34(36,37)38;1-17(29(38)39)9-11-41-24-14-22(13-23(15-24)40-3)35-27(19-4-6-21(31)7-5-19)28(37)36-10-8-20-12-18(2)25(16-26(20)36)30(32,33)34;1-10-8-12-6-7-24(15(12)9-14(10)18(21,22)23)17(25)16(19)11-2-4-13(20)5-3-11;1-11(15(18)21-16(2,3)4)6-7-20-14-9-12(17)8-13(10-14)19-5/h7-10,15-20,30,39H,11-14H2,1-6H3;4-7,12-17,27,35H,8-11H2,1-3H3,(H,38,39);2-5,8-9,16H,6-7H2,1H3;8-11H,6-7,17H2,1-5H3. The average Bonchev–Trinajstić information content (AvgIpc) is 1.61. The topological polar surface area (TPSA) is 256 Å². The van der Waals surface area contributed by atoms with Crippen LogP contribution in [0.25, 0.3) is 0 Å². The number of esters is 2. The monoisotopic (exact) mass is 1960 g/mol. The fourth-order valence-electron chi connectivity index (χ4n) is 14.5. The molecule has 34 heteroatoms. The number of hydrogen-bond acceptors (Lipinski definition) is 17. The van der Waals surface area contributed by atoms with E-state index < -0.39 is 87.0 Å². The van der Waals surface area contributed by atoms with Crippen molar-refractivity contribution in [1.29, 1.82) is 0 Å². The number of carboxylic acid groups (broad SMARTS) is 1. The number of aliphatic carboxylic acids is 1. The van der Waals surface area contributed by atoms with Gasteiger partial charge in [-0.15, -0.1) is 0 Å². The van der Waals surface area contributed by atoms with Gasteiger partial charge in [0, 0.05) is 123 Å². The van der Waals surface area contributed by atoms with Crippen molar-refractivity contribution in [1.82, 2.24) is 0 Å². The second-order valence-electron chi connectivity index (χ2n) is 34.0. The minimum absolute atomic E-state index is 0.111. The maximum Gasteiger partial charge on any atom is 0.416 e. The molecule has 9 aromatic rings. The predicted molar refractivity (Wildman–Crippen MR) is 496 cm³/mol. The highest BCUT2D eigenvalue weighted by Gasteiger charge is 2.42. The Kier molecular flexibility index (Phi) is 35.6. The van der Waals surface area contributed by atoms with Gasteiger partial charge in [0.2, 0.25) is 5.91 Å². The van der Waals surface area contributed by atoms with Gasteiger partial charge in [0.25, 0.3) is 11.8 Å². The van der Waals surface area contributed by atoms with Crippen LogP contribution in [0.1, 0.15) is 165 Å². The Morgan fingerprint density at radius 1 is 0.417 bits per heavy atom. The summed E-state index contributed by atoms with van der Waals surface area (Å²) in [5, 5.41) is 17.0. The highest BCUT2D eigenvalue weighted by Crippen LogP contribution is 2.46. The zero-order chi connectivity index (χ0) is 97.4. The van der Waals surface area contributed by atoms with Gasteiger partial charge in [0.15, 0.2) is 0 Å². The maximum atomic E-state index is 14.1. The number of nitrogens with two attached hydrogens (primary N) is 1. The van der Waals surface area contributed by atoms with Crippen LogP contribution in [0, 0.1) is 38.5 Å². The molecule has 0 fully saturated rings. The number of carboxylic acids is 1. The van der Waals surface area contributed by atoms with Crippen molar-refractivity contribution in [3.05, 3.63) is 246 Å². The summed E-state index contributed by atoms with van der Waals surface area (Å²) in [5.41, 5.74) is 9.10. The Morgan fingerprint density at radius 2 is 0.697 bits per heavy atom. The van der Waals surface area contributed by atoms with Gasteiger partial charge in [-0.1, -0.05) is 126 Å². The normalized spacial score (nSPS) is 14.2. The summed E-state index contributed by atoms with van der Waals surface area (Å²) >= 11 is 21.4. The first-order valence-corrected chi connectivity index (χ1v) is 44.3. The lowest BCUT2D eigenvalue weighted by Crippen LogP contribution is -2.37. The lowest BCUT2D eigenvalue weighted by atomic mass is 10.0. The second-order valence-corrected chi connectivity index (χ2v) is 36.3. The van der Waals surface area contributed by atoms with Crippen LogP contribution in [-0.2, 0) is 76.0 Å². The SMILES string of the molecule is COc1cc(N)cc(OCCC(C)C(=O)OC(C)(C)C)c1.COc1cc(NC(C(=O)N2CCc3cc(C)c(C(F)(F)F)cc32)c2ccc(Cl)cc2)cc(OCCC(C)C(=O)O)c1.COc1cc(NC(C(=O)N2CCc3cc(C)c(C(F)(F)F)cc32)c2ccc(Cl)cc2)cc(OCCC(C)C(=O)OC(C)(C)C)c1.Cc1cc2c(cc1C(F)(F)F)N(C(=O)C(Br)c1ccc(Cl)cc1)CC2. The number of nitrogen functional groups attached to an aromatic ring is 1. The Hall–Kier alpha value is -11.3. The van der Waals surface area contributed by atoms with Crippen molar-refractivity contribution >= 4 is 120 Å². The van der Waals surface area contributed by atoms with Gasteiger partial charge >= 0.3 is 36.4 Å². The zero-order valence-corrected chi connectivity index (χ0v) is 79.4. The summed E-state index contributed by atoms with van der Waals surface area (Å²) in [6.45, 7) is 22.1. The Labute approximate surface area is 785 Å². The lowest BCUT2D eigenvalue weighted by molar-refractivity contribution is -0.160. The maximum absolute atomic E-state index is 14.1. The minimum atomic E-state index is -4.55. The largest absolute Gasteiger partial charge is 0.497 e. The van der Waals surface area contributed by atoms with E-state index in [0.717, 1.165) is 23.8 Å². The molecule has 3 aliphatic heterocycles. The van der Waals surface area contributed by atoms with Crippen LogP contribution < -0.4 is 59.5 Å². The highest BCUT2D eigenvalue weighted by molar-refractivity contribution is 9.09. The first kappa shape index (κ1) is 104. The molecule has 12 rings (SSSR count). The van der Waals surface area contributed by atoms with Crippen LogP contribution >= 0.6 is 50.7 Å². The van der Waals surface area contributed by atoms with Gasteiger partial charge in [-0.25, -0.2) is 0 Å². The van der Waals surface area contributed by atoms with Crippen molar-refractivity contribution in [2.24, 2.45) is 17.8 Å². The van der Waals surface area contributed by atoms with Gasteiger partial charge in [-0.3, -0.25) is 28.8 Å². The molecular formula is C98H107BrCl3F9N6O15. The number of nitrogens with zero attached hydrogens (tertiary/aromatic N) is 3. The van der Waals surface area contributed by atoms with Crippen molar-refractivity contribution in [2.75, 3.05) is 91.9 Å². The number of aryl methyl sites for hydroxylation is 3. The van der Waals surface area contributed by atoms with E-state index in [4.69, 9.17) is 83.5 Å². The molecular weight excluding hydrogens is 1860 g/mol. The molecule has 0 radical (unpaired) electrons. The fraction of sp³-hybridized carbons (Fsp3) is 0.388. The summed E-state index contributed by atoms with van der Waals surface area (Å²) in [7, 11) is 4.54. The molecule has 3 amide bonds. The third-order valence-corrected chi connectivity index (χ3v) is 23.1. The molecule has 6 unspecified atom stereocenters. The number of methoxy groups -OCH3 is 3. The van der Waals surface area contributed by atoms with Crippen molar-refractivity contribution in [3.8, 4) is 34.5 Å². The summed E-state index contributed by atoms with van der Waals surface area (Å²) < 4.78 is 166. The van der Waals surface area contributed by atoms with Gasteiger partial charge in [-0.05, 0) is 206 Å². The fourth-order valence-corrected chi connectivity index (χ4v) is 15.4. The van der Waals surface area contributed by atoms with Crippen molar-refractivity contribution in [2.45, 2.75) is 168 Å². The number of fused-ring (bicyclic) bond motifs is 3. The van der Waals surface area contributed by atoms with E-state index in [1.165, 1.54) is 67.9 Å². The van der Waals surface area contributed by atoms with Crippen molar-refractivity contribution in [3.63, 3.8) is 0 Å². The average molecular weight is 1970 g/mol. The molecule has 5 N–H and O–H groups in total. The number of carbonyl (C=O) groups excluding carboxylic acids is 5. The molecule has 0 saturated carbocycles. The van der Waals surface area contributed by atoms with E-state index in [0.29, 0.717) is 145 Å². The predicted octanol–water partition coefficient (Wildman–Crippen LogP) is 23.8. The van der Waals surface area contributed by atoms with Gasteiger partial charge < -0.3 is 74.1 Å². The van der Waals surface area contributed by atoms with Crippen LogP contribution in [0.2, 0.25) is 15.1 Å². The van der Waals surface area contributed by atoms with Crippen LogP contribution in [0.15, 0.2) is 164 Å². The molecule has 0 saturated heterocycles. The molecule has 6 atom stereocenters. The van der Waals surface area contributed by atoms with Crippen LogP contribution in [0.5, 0.6) is 34.5 Å². The molecule has 3 heterocycles. The number of alkyl halides is 10. The number of benzene rings is 9. The number of halogens is 13. The molecule has 0 aliphatic carbocycles. The molecule has 3 aliphatic rings. The number of amides is 3. The number of ether oxygens (including phenoxy) is 8. The summed E-state index contributed by atoms with van der Waals surface area (Å²) in [4.78, 5) is 79.8. The lowest BCUT2D eigenvalue weighted by Gasteiger charge is -2.27. The summed E-state index contributed by atoms with van der Waals surface area (Å²) in [6.07, 6.45) is -10.9. The Morgan fingerprint density at radius 3 is 1.00 bits per heavy atom. The zero-order valence-electron chi connectivity index (χ0n) is 75.5. The number of rotatable bonds is 28. The van der Waals surface area contributed by atoms with Gasteiger partial charge in [0.1, 0.15) is 62.6 Å².